The lowest BCUT2D eigenvalue weighted by Gasteiger charge is -2.11. The van der Waals surface area contributed by atoms with E-state index in [1.54, 1.807) is 18.3 Å². The fourth-order valence-corrected chi connectivity index (χ4v) is 3.16. The molecule has 0 radical (unpaired) electrons. The SMILES string of the molecule is CC(C)Oc1ccc(-c2ccc3ncc(-c4ccc(C(F)F)cc4)n3c2)cc1. The van der Waals surface area contributed by atoms with Crippen LogP contribution in [-0.4, -0.2) is 15.5 Å². The zero-order chi connectivity index (χ0) is 19.7. The lowest BCUT2D eigenvalue weighted by molar-refractivity contribution is 0.151. The molecule has 4 aromatic rings. The summed E-state index contributed by atoms with van der Waals surface area (Å²) >= 11 is 0. The van der Waals surface area contributed by atoms with Gasteiger partial charge in [-0.05, 0) is 49.2 Å². The van der Waals surface area contributed by atoms with Crippen LogP contribution < -0.4 is 4.74 Å². The number of ether oxygens (including phenoxy) is 1. The molecule has 2 aromatic carbocycles. The number of aromatic nitrogens is 2. The second-order valence-corrected chi connectivity index (χ2v) is 6.90. The molecular weight excluding hydrogens is 358 g/mol. The van der Waals surface area contributed by atoms with Gasteiger partial charge in [-0.3, -0.25) is 4.40 Å². The molecule has 2 aromatic heterocycles. The van der Waals surface area contributed by atoms with Gasteiger partial charge in [0.1, 0.15) is 11.4 Å². The highest BCUT2D eigenvalue weighted by molar-refractivity contribution is 5.69. The van der Waals surface area contributed by atoms with Gasteiger partial charge in [-0.15, -0.1) is 0 Å². The summed E-state index contributed by atoms with van der Waals surface area (Å²) in [5, 5.41) is 0. The van der Waals surface area contributed by atoms with Gasteiger partial charge >= 0.3 is 0 Å². The van der Waals surface area contributed by atoms with Crippen LogP contribution in [0.3, 0.4) is 0 Å². The summed E-state index contributed by atoms with van der Waals surface area (Å²) in [6.07, 6.45) is 1.44. The Kier molecular flexibility index (Phi) is 4.82. The molecule has 0 amide bonds. The van der Waals surface area contributed by atoms with Crippen LogP contribution in [0.2, 0.25) is 0 Å². The minimum atomic E-state index is -2.47. The van der Waals surface area contributed by atoms with Gasteiger partial charge in [0.25, 0.3) is 6.43 Å². The molecule has 3 nitrogen and oxygen atoms in total. The standard InChI is InChI=1S/C23H20F2N2O/c1-15(2)28-20-10-7-16(8-11-20)19-9-12-22-26-13-21(27(22)14-19)17-3-5-18(6-4-17)23(24)25/h3-15,23H,1-2H3. The maximum atomic E-state index is 12.8. The largest absolute Gasteiger partial charge is 0.491 e. The first-order valence-electron chi connectivity index (χ1n) is 9.14. The van der Waals surface area contributed by atoms with Gasteiger partial charge in [-0.1, -0.05) is 36.4 Å². The van der Waals surface area contributed by atoms with Gasteiger partial charge in [0.05, 0.1) is 18.0 Å². The Bertz CT molecular complexity index is 1080. The van der Waals surface area contributed by atoms with Crippen molar-refractivity contribution in [3.8, 4) is 28.1 Å². The normalized spacial score (nSPS) is 11.5. The Hall–Kier alpha value is -3.21. The summed E-state index contributed by atoms with van der Waals surface area (Å²) in [5.74, 6) is 0.835. The topological polar surface area (TPSA) is 26.5 Å². The van der Waals surface area contributed by atoms with Crippen molar-refractivity contribution in [2.24, 2.45) is 0 Å². The molecule has 0 bridgehead atoms. The van der Waals surface area contributed by atoms with E-state index in [4.69, 9.17) is 4.74 Å². The number of hydrogen-bond donors (Lipinski definition) is 0. The third-order valence-corrected chi connectivity index (χ3v) is 4.52. The van der Waals surface area contributed by atoms with E-state index >= 15 is 0 Å². The molecule has 4 rings (SSSR count). The maximum absolute atomic E-state index is 12.8. The molecule has 2 heterocycles. The summed E-state index contributed by atoms with van der Waals surface area (Å²) in [4.78, 5) is 4.43. The Labute approximate surface area is 162 Å². The summed E-state index contributed by atoms with van der Waals surface area (Å²) in [6.45, 7) is 3.99. The van der Waals surface area contributed by atoms with Gasteiger partial charge in [0.15, 0.2) is 0 Å². The van der Waals surface area contributed by atoms with Crippen LogP contribution in [-0.2, 0) is 0 Å². The van der Waals surface area contributed by atoms with E-state index in [1.807, 2.05) is 60.8 Å². The van der Waals surface area contributed by atoms with Crippen molar-refractivity contribution in [2.75, 3.05) is 0 Å². The molecule has 0 aliphatic heterocycles. The number of pyridine rings is 1. The van der Waals surface area contributed by atoms with Crippen molar-refractivity contribution in [3.63, 3.8) is 0 Å². The third kappa shape index (κ3) is 3.60. The first-order valence-corrected chi connectivity index (χ1v) is 9.14. The molecular formula is C23H20F2N2O. The Morgan fingerprint density at radius 1 is 0.821 bits per heavy atom. The lowest BCUT2D eigenvalue weighted by atomic mass is 10.1. The van der Waals surface area contributed by atoms with Gasteiger partial charge in [-0.25, -0.2) is 13.8 Å². The molecule has 0 fully saturated rings. The van der Waals surface area contributed by atoms with Crippen LogP contribution in [0.1, 0.15) is 25.8 Å². The molecule has 0 atom stereocenters. The van der Waals surface area contributed by atoms with E-state index in [-0.39, 0.29) is 11.7 Å². The summed E-state index contributed by atoms with van der Waals surface area (Å²) < 4.78 is 33.3. The van der Waals surface area contributed by atoms with Crippen LogP contribution in [0, 0.1) is 0 Å². The minimum Gasteiger partial charge on any atom is -0.491 e. The Morgan fingerprint density at radius 3 is 2.11 bits per heavy atom. The zero-order valence-corrected chi connectivity index (χ0v) is 15.6. The molecule has 0 unspecified atom stereocenters. The minimum absolute atomic E-state index is 0.0157. The predicted octanol–water partition coefficient (Wildman–Crippen LogP) is 6.39. The van der Waals surface area contributed by atoms with Gasteiger partial charge < -0.3 is 4.74 Å². The number of fused-ring (bicyclic) bond motifs is 1. The first-order chi connectivity index (χ1) is 13.5. The summed E-state index contributed by atoms with van der Waals surface area (Å²) in [5.41, 5.74) is 4.61. The number of benzene rings is 2. The van der Waals surface area contributed by atoms with Gasteiger partial charge in [0.2, 0.25) is 0 Å². The Balaban J connectivity index is 1.70. The van der Waals surface area contributed by atoms with E-state index < -0.39 is 6.43 Å². The van der Waals surface area contributed by atoms with Crippen LogP contribution in [0.25, 0.3) is 28.0 Å². The quantitative estimate of drug-likeness (QED) is 0.402. The molecule has 0 saturated heterocycles. The fraction of sp³-hybridized carbons (Fsp3) is 0.174. The molecule has 0 aliphatic carbocycles. The van der Waals surface area contributed by atoms with Crippen LogP contribution in [0.5, 0.6) is 5.75 Å². The van der Waals surface area contributed by atoms with E-state index in [2.05, 4.69) is 4.98 Å². The number of hydrogen-bond acceptors (Lipinski definition) is 2. The van der Waals surface area contributed by atoms with Crippen molar-refractivity contribution >= 4 is 5.65 Å². The number of imidazole rings is 1. The van der Waals surface area contributed by atoms with Crippen LogP contribution >= 0.6 is 0 Å². The first kappa shape index (κ1) is 18.2. The monoisotopic (exact) mass is 378 g/mol. The van der Waals surface area contributed by atoms with Crippen molar-refractivity contribution in [1.29, 1.82) is 0 Å². The van der Waals surface area contributed by atoms with Crippen LogP contribution in [0.4, 0.5) is 8.78 Å². The highest BCUT2D eigenvalue weighted by Crippen LogP contribution is 2.28. The van der Waals surface area contributed by atoms with E-state index in [0.29, 0.717) is 0 Å². The van der Waals surface area contributed by atoms with Crippen molar-refractivity contribution in [3.05, 3.63) is 78.6 Å². The van der Waals surface area contributed by atoms with Gasteiger partial charge in [0, 0.05) is 17.3 Å². The van der Waals surface area contributed by atoms with E-state index in [1.165, 1.54) is 12.1 Å². The molecule has 0 saturated carbocycles. The van der Waals surface area contributed by atoms with Crippen molar-refractivity contribution < 1.29 is 13.5 Å². The smallest absolute Gasteiger partial charge is 0.263 e. The van der Waals surface area contributed by atoms with Crippen molar-refractivity contribution in [1.82, 2.24) is 9.38 Å². The zero-order valence-electron chi connectivity index (χ0n) is 15.6. The molecule has 0 N–H and O–H groups in total. The van der Waals surface area contributed by atoms with E-state index in [9.17, 15) is 8.78 Å². The highest BCUT2D eigenvalue weighted by Gasteiger charge is 2.10. The number of halogens is 2. The van der Waals surface area contributed by atoms with Gasteiger partial charge in [-0.2, -0.15) is 0 Å². The number of rotatable bonds is 5. The number of nitrogens with zero attached hydrogens (tertiary/aromatic N) is 2. The lowest BCUT2D eigenvalue weighted by Crippen LogP contribution is -2.05. The predicted molar refractivity (Wildman–Crippen MR) is 107 cm³/mol. The third-order valence-electron chi connectivity index (χ3n) is 4.52. The Morgan fingerprint density at radius 2 is 1.46 bits per heavy atom. The second kappa shape index (κ2) is 7.43. The summed E-state index contributed by atoms with van der Waals surface area (Å²) in [7, 11) is 0. The second-order valence-electron chi connectivity index (χ2n) is 6.90. The molecule has 28 heavy (non-hydrogen) atoms. The van der Waals surface area contributed by atoms with Crippen molar-refractivity contribution in [2.45, 2.75) is 26.4 Å². The average molecular weight is 378 g/mol. The summed E-state index contributed by atoms with van der Waals surface area (Å²) in [6, 6.07) is 18.2. The molecule has 142 valence electrons. The van der Waals surface area contributed by atoms with Crippen LogP contribution in [0.15, 0.2) is 73.1 Å². The molecule has 0 aliphatic rings. The molecule has 5 heteroatoms. The maximum Gasteiger partial charge on any atom is 0.263 e. The number of alkyl halides is 2. The van der Waals surface area contributed by atoms with E-state index in [0.717, 1.165) is 33.8 Å². The average Bonchev–Trinajstić information content (AvgIpc) is 3.11. The fourth-order valence-electron chi connectivity index (χ4n) is 3.16. The molecule has 0 spiro atoms. The highest BCUT2D eigenvalue weighted by atomic mass is 19.3.